The van der Waals surface area contributed by atoms with Crippen LogP contribution in [0.15, 0.2) is 48.2 Å². The van der Waals surface area contributed by atoms with Gasteiger partial charge in [-0.1, -0.05) is 48.9 Å². The second kappa shape index (κ2) is 9.43. The highest BCUT2D eigenvalue weighted by Gasteiger charge is 2.00. The zero-order chi connectivity index (χ0) is 13.9. The Morgan fingerprint density at radius 3 is 2.58 bits per heavy atom. The molecule has 0 N–H and O–H groups in total. The Morgan fingerprint density at radius 2 is 1.89 bits per heavy atom. The molecular formula is C18H26O. The van der Waals surface area contributed by atoms with E-state index in [0.29, 0.717) is 0 Å². The maximum atomic E-state index is 5.54. The third-order valence-electron chi connectivity index (χ3n) is 3.10. The Balaban J connectivity index is 2.10. The van der Waals surface area contributed by atoms with Gasteiger partial charge in [0, 0.05) is 0 Å². The van der Waals surface area contributed by atoms with Crippen molar-refractivity contribution in [2.45, 2.75) is 40.0 Å². The fraction of sp³-hybridized carbons (Fsp3) is 0.444. The van der Waals surface area contributed by atoms with Crippen molar-refractivity contribution >= 4 is 6.08 Å². The molecule has 0 fully saturated rings. The molecule has 0 aliphatic heterocycles. The molecular weight excluding hydrogens is 232 g/mol. The molecule has 0 aliphatic carbocycles. The first-order valence-electron chi connectivity index (χ1n) is 7.15. The molecule has 104 valence electrons. The Bertz CT molecular complexity index is 385. The maximum Gasteiger partial charge on any atom is 0.0875 e. The van der Waals surface area contributed by atoms with Crippen molar-refractivity contribution in [1.29, 1.82) is 0 Å². The van der Waals surface area contributed by atoms with Crippen molar-refractivity contribution in [2.75, 3.05) is 6.61 Å². The molecule has 0 aliphatic rings. The topological polar surface area (TPSA) is 9.23 Å². The van der Waals surface area contributed by atoms with Gasteiger partial charge < -0.3 is 4.74 Å². The van der Waals surface area contributed by atoms with Crippen LogP contribution in [-0.2, 0) is 4.74 Å². The molecule has 0 saturated carbocycles. The number of hydrogen-bond acceptors (Lipinski definition) is 1. The van der Waals surface area contributed by atoms with Gasteiger partial charge in [0.25, 0.3) is 0 Å². The molecule has 0 heterocycles. The molecule has 19 heavy (non-hydrogen) atoms. The normalized spacial score (nSPS) is 12.4. The highest BCUT2D eigenvalue weighted by Crippen LogP contribution is 2.12. The van der Waals surface area contributed by atoms with Crippen LogP contribution < -0.4 is 0 Å². The molecule has 1 rings (SSSR count). The van der Waals surface area contributed by atoms with E-state index in [1.54, 1.807) is 6.26 Å². The summed E-state index contributed by atoms with van der Waals surface area (Å²) in [7, 11) is 0. The van der Waals surface area contributed by atoms with Crippen LogP contribution in [0, 0.1) is 5.92 Å². The first-order chi connectivity index (χ1) is 9.18. The lowest BCUT2D eigenvalue weighted by Gasteiger charge is -2.09. The highest BCUT2D eigenvalue weighted by molar-refractivity contribution is 5.47. The molecule has 0 saturated heterocycles. The Labute approximate surface area is 118 Å². The van der Waals surface area contributed by atoms with Crippen molar-refractivity contribution in [2.24, 2.45) is 5.92 Å². The second-order valence-corrected chi connectivity index (χ2v) is 5.34. The lowest BCUT2D eigenvalue weighted by atomic mass is 10.0. The van der Waals surface area contributed by atoms with Crippen molar-refractivity contribution < 1.29 is 4.74 Å². The van der Waals surface area contributed by atoms with E-state index >= 15 is 0 Å². The number of ether oxygens (including phenoxy) is 1. The van der Waals surface area contributed by atoms with Crippen molar-refractivity contribution in [1.82, 2.24) is 0 Å². The minimum absolute atomic E-state index is 0.723. The summed E-state index contributed by atoms with van der Waals surface area (Å²) in [6, 6.07) is 10.2. The van der Waals surface area contributed by atoms with Crippen LogP contribution in [0.25, 0.3) is 6.08 Å². The molecule has 1 atom stereocenters. The van der Waals surface area contributed by atoms with Crippen LogP contribution in [0.2, 0.25) is 0 Å². The first-order valence-corrected chi connectivity index (χ1v) is 7.15. The summed E-state index contributed by atoms with van der Waals surface area (Å²) in [6.07, 6.45) is 9.68. The number of allylic oxidation sites excluding steroid dienone is 2. The van der Waals surface area contributed by atoms with Gasteiger partial charge >= 0.3 is 0 Å². The van der Waals surface area contributed by atoms with Crippen LogP contribution in [0.3, 0.4) is 0 Å². The average molecular weight is 258 g/mol. The summed E-state index contributed by atoms with van der Waals surface area (Å²) < 4.78 is 5.54. The average Bonchev–Trinajstić information content (AvgIpc) is 2.39. The van der Waals surface area contributed by atoms with Crippen molar-refractivity contribution in [3.63, 3.8) is 0 Å². The fourth-order valence-electron chi connectivity index (χ4n) is 1.83. The SMILES string of the molecule is CC(C)=CCCC(C)CCOC=Cc1ccccc1. The van der Waals surface area contributed by atoms with Gasteiger partial charge in [-0.05, 0) is 50.7 Å². The summed E-state index contributed by atoms with van der Waals surface area (Å²) >= 11 is 0. The third kappa shape index (κ3) is 8.25. The summed E-state index contributed by atoms with van der Waals surface area (Å²) in [5.41, 5.74) is 2.59. The minimum Gasteiger partial charge on any atom is -0.501 e. The molecule has 0 aromatic heterocycles. The van der Waals surface area contributed by atoms with Crippen molar-refractivity contribution in [3.8, 4) is 0 Å². The summed E-state index contributed by atoms with van der Waals surface area (Å²) in [5.74, 6) is 0.723. The van der Waals surface area contributed by atoms with Crippen LogP contribution >= 0.6 is 0 Å². The molecule has 1 nitrogen and oxygen atoms in total. The van der Waals surface area contributed by atoms with E-state index in [1.807, 2.05) is 24.3 Å². The van der Waals surface area contributed by atoms with Crippen molar-refractivity contribution in [3.05, 3.63) is 53.8 Å². The van der Waals surface area contributed by atoms with E-state index < -0.39 is 0 Å². The molecule has 0 amide bonds. The van der Waals surface area contributed by atoms with E-state index in [2.05, 4.69) is 39.0 Å². The van der Waals surface area contributed by atoms with E-state index in [4.69, 9.17) is 4.74 Å². The maximum absolute atomic E-state index is 5.54. The van der Waals surface area contributed by atoms with Gasteiger partial charge in [-0.3, -0.25) is 0 Å². The number of benzene rings is 1. The summed E-state index contributed by atoms with van der Waals surface area (Å²) in [4.78, 5) is 0. The van der Waals surface area contributed by atoms with Gasteiger partial charge in [-0.25, -0.2) is 0 Å². The molecule has 1 aromatic rings. The largest absolute Gasteiger partial charge is 0.501 e. The number of hydrogen-bond donors (Lipinski definition) is 0. The van der Waals surface area contributed by atoms with Crippen LogP contribution in [-0.4, -0.2) is 6.61 Å². The van der Waals surface area contributed by atoms with Crippen LogP contribution in [0.5, 0.6) is 0 Å². The molecule has 1 aromatic carbocycles. The smallest absolute Gasteiger partial charge is 0.0875 e. The molecule has 0 spiro atoms. The van der Waals surface area contributed by atoms with Crippen LogP contribution in [0.1, 0.15) is 45.6 Å². The lowest BCUT2D eigenvalue weighted by molar-refractivity contribution is 0.225. The zero-order valence-electron chi connectivity index (χ0n) is 12.4. The monoisotopic (exact) mass is 258 g/mol. The minimum atomic E-state index is 0.723. The Kier molecular flexibility index (Phi) is 7.72. The lowest BCUT2D eigenvalue weighted by Crippen LogP contribution is -1.99. The molecule has 1 heteroatoms. The van der Waals surface area contributed by atoms with Gasteiger partial charge in [-0.15, -0.1) is 0 Å². The Hall–Kier alpha value is -1.50. The first kappa shape index (κ1) is 15.6. The van der Waals surface area contributed by atoms with Gasteiger partial charge in [-0.2, -0.15) is 0 Å². The standard InChI is InChI=1S/C18H26O/c1-16(2)8-7-9-17(3)12-14-19-15-13-18-10-5-4-6-11-18/h4-6,8,10-11,13,15,17H,7,9,12,14H2,1-3H3. The molecule has 0 radical (unpaired) electrons. The van der Waals surface area contributed by atoms with Gasteiger partial charge in [0.1, 0.15) is 0 Å². The molecule has 0 bridgehead atoms. The highest BCUT2D eigenvalue weighted by atomic mass is 16.5. The van der Waals surface area contributed by atoms with Gasteiger partial charge in [0.2, 0.25) is 0 Å². The number of rotatable bonds is 8. The zero-order valence-corrected chi connectivity index (χ0v) is 12.4. The Morgan fingerprint density at radius 1 is 1.16 bits per heavy atom. The van der Waals surface area contributed by atoms with E-state index in [1.165, 1.54) is 24.0 Å². The predicted octanol–water partition coefficient (Wildman–Crippen LogP) is 5.45. The predicted molar refractivity (Wildman–Crippen MR) is 83.9 cm³/mol. The van der Waals surface area contributed by atoms with E-state index in [-0.39, 0.29) is 0 Å². The van der Waals surface area contributed by atoms with Gasteiger partial charge in [0.05, 0.1) is 12.9 Å². The quantitative estimate of drug-likeness (QED) is 0.342. The third-order valence-corrected chi connectivity index (χ3v) is 3.10. The summed E-state index contributed by atoms with van der Waals surface area (Å²) in [6.45, 7) is 7.41. The van der Waals surface area contributed by atoms with E-state index in [9.17, 15) is 0 Å². The second-order valence-electron chi connectivity index (χ2n) is 5.34. The van der Waals surface area contributed by atoms with Gasteiger partial charge in [0.15, 0.2) is 0 Å². The van der Waals surface area contributed by atoms with E-state index in [0.717, 1.165) is 18.9 Å². The molecule has 1 unspecified atom stereocenters. The van der Waals surface area contributed by atoms with Crippen LogP contribution in [0.4, 0.5) is 0 Å². The fourth-order valence-corrected chi connectivity index (χ4v) is 1.83. The summed E-state index contributed by atoms with van der Waals surface area (Å²) in [5, 5.41) is 0.